The molecule has 0 aliphatic rings. The van der Waals surface area contributed by atoms with Gasteiger partial charge in [-0.05, 0) is 27.2 Å². The van der Waals surface area contributed by atoms with Crippen LogP contribution < -0.4 is 10.5 Å². The summed E-state index contributed by atoms with van der Waals surface area (Å²) in [6, 6.07) is 5.79. The molecule has 7 heteroatoms. The number of hydrogen-bond donors (Lipinski definition) is 1. The number of benzene rings is 1. The summed E-state index contributed by atoms with van der Waals surface area (Å²) in [5.74, 6) is -0.197. The van der Waals surface area contributed by atoms with E-state index >= 15 is 0 Å². The van der Waals surface area contributed by atoms with Crippen LogP contribution in [0.25, 0.3) is 0 Å². The molecular formula is C14H22F3N3O. The highest BCUT2D eigenvalue weighted by molar-refractivity contribution is 5.36. The molecule has 0 aromatic heterocycles. The molecule has 1 rings (SSSR count). The highest BCUT2D eigenvalue weighted by Gasteiger charge is 2.33. The second-order valence-electron chi connectivity index (χ2n) is 5.12. The van der Waals surface area contributed by atoms with Gasteiger partial charge in [0.05, 0.1) is 6.04 Å². The lowest BCUT2D eigenvalue weighted by molar-refractivity contribution is -0.275. The van der Waals surface area contributed by atoms with E-state index in [2.05, 4.69) is 4.74 Å². The smallest absolute Gasteiger partial charge is 0.405 e. The van der Waals surface area contributed by atoms with Gasteiger partial charge in [-0.2, -0.15) is 0 Å². The van der Waals surface area contributed by atoms with E-state index in [0.717, 1.165) is 6.54 Å². The topological polar surface area (TPSA) is 41.7 Å². The van der Waals surface area contributed by atoms with Crippen molar-refractivity contribution >= 4 is 0 Å². The lowest BCUT2D eigenvalue weighted by Crippen LogP contribution is -2.36. The number of nitrogens with two attached hydrogens (primary N) is 1. The molecule has 2 N–H and O–H groups in total. The molecule has 0 radical (unpaired) electrons. The molecule has 4 nitrogen and oxygen atoms in total. The predicted molar refractivity (Wildman–Crippen MR) is 76.1 cm³/mol. The largest absolute Gasteiger partial charge is 0.573 e. The van der Waals surface area contributed by atoms with Crippen molar-refractivity contribution in [2.75, 3.05) is 40.8 Å². The average molecular weight is 305 g/mol. The Bertz CT molecular complexity index is 438. The van der Waals surface area contributed by atoms with Gasteiger partial charge in [0.15, 0.2) is 0 Å². The molecule has 1 aromatic rings. The third-order valence-electron chi connectivity index (χ3n) is 3.16. The van der Waals surface area contributed by atoms with Crippen molar-refractivity contribution in [3.8, 4) is 5.75 Å². The number of alkyl halides is 3. The first-order valence-electron chi connectivity index (χ1n) is 6.64. The van der Waals surface area contributed by atoms with Crippen molar-refractivity contribution in [2.24, 2.45) is 5.73 Å². The van der Waals surface area contributed by atoms with E-state index in [9.17, 15) is 13.2 Å². The summed E-state index contributed by atoms with van der Waals surface area (Å²) in [7, 11) is 5.71. The fourth-order valence-corrected chi connectivity index (χ4v) is 2.03. The second-order valence-corrected chi connectivity index (χ2v) is 5.12. The highest BCUT2D eigenvalue weighted by Crippen LogP contribution is 2.32. The maximum atomic E-state index is 12.5. The van der Waals surface area contributed by atoms with Gasteiger partial charge in [0.25, 0.3) is 0 Å². The second kappa shape index (κ2) is 7.63. The Kier molecular flexibility index (Phi) is 6.44. The van der Waals surface area contributed by atoms with Crippen LogP contribution in [0.5, 0.6) is 5.75 Å². The first kappa shape index (κ1) is 17.7. The number of hydrogen-bond acceptors (Lipinski definition) is 4. The van der Waals surface area contributed by atoms with E-state index < -0.39 is 6.36 Å². The minimum atomic E-state index is -4.71. The summed E-state index contributed by atoms with van der Waals surface area (Å²) in [4.78, 5) is 3.93. The number of rotatable bonds is 7. The van der Waals surface area contributed by atoms with Gasteiger partial charge < -0.3 is 15.4 Å². The van der Waals surface area contributed by atoms with Crippen LogP contribution in [0.3, 0.4) is 0 Å². The zero-order valence-electron chi connectivity index (χ0n) is 12.5. The molecule has 21 heavy (non-hydrogen) atoms. The van der Waals surface area contributed by atoms with Crippen molar-refractivity contribution in [2.45, 2.75) is 12.4 Å². The molecule has 0 fully saturated rings. The van der Waals surface area contributed by atoms with E-state index in [0.29, 0.717) is 12.1 Å². The molecule has 1 atom stereocenters. The Morgan fingerprint density at radius 3 is 2.29 bits per heavy atom. The van der Waals surface area contributed by atoms with Gasteiger partial charge in [-0.3, -0.25) is 4.90 Å². The monoisotopic (exact) mass is 305 g/mol. The Balaban J connectivity index is 2.94. The van der Waals surface area contributed by atoms with Gasteiger partial charge in [0, 0.05) is 25.2 Å². The SMILES string of the molecule is CN(C)CCN(C)C(CN)c1ccccc1OC(F)(F)F. The fraction of sp³-hybridized carbons (Fsp3) is 0.571. The molecule has 0 bridgehead atoms. The van der Waals surface area contributed by atoms with E-state index in [4.69, 9.17) is 5.73 Å². The van der Waals surface area contributed by atoms with Crippen LogP contribution in [0.4, 0.5) is 13.2 Å². The van der Waals surface area contributed by atoms with Crippen LogP contribution in [-0.4, -0.2) is 56.9 Å². The molecule has 1 aromatic carbocycles. The average Bonchev–Trinajstić information content (AvgIpc) is 2.37. The molecule has 0 aliphatic heterocycles. The summed E-state index contributed by atoms with van der Waals surface area (Å²) >= 11 is 0. The van der Waals surface area contributed by atoms with Gasteiger partial charge in [0.2, 0.25) is 0 Å². The van der Waals surface area contributed by atoms with Crippen LogP contribution in [0.15, 0.2) is 24.3 Å². The molecule has 0 saturated heterocycles. The Morgan fingerprint density at radius 1 is 1.14 bits per heavy atom. The van der Waals surface area contributed by atoms with Gasteiger partial charge in [0.1, 0.15) is 5.75 Å². The molecule has 0 saturated carbocycles. The van der Waals surface area contributed by atoms with Crippen LogP contribution in [0, 0.1) is 0 Å². The van der Waals surface area contributed by atoms with E-state index in [1.807, 2.05) is 30.9 Å². The zero-order chi connectivity index (χ0) is 16.0. The van der Waals surface area contributed by atoms with Gasteiger partial charge in [-0.15, -0.1) is 13.2 Å². The lowest BCUT2D eigenvalue weighted by atomic mass is 10.0. The van der Waals surface area contributed by atoms with Crippen LogP contribution in [0.1, 0.15) is 11.6 Å². The number of halogens is 3. The van der Waals surface area contributed by atoms with Gasteiger partial charge in [-0.25, -0.2) is 0 Å². The number of ether oxygens (including phenoxy) is 1. The zero-order valence-corrected chi connectivity index (χ0v) is 12.5. The van der Waals surface area contributed by atoms with E-state index in [-0.39, 0.29) is 18.3 Å². The summed E-state index contributed by atoms with van der Waals surface area (Å²) in [6.07, 6.45) is -4.71. The van der Waals surface area contributed by atoms with E-state index in [1.54, 1.807) is 12.1 Å². The summed E-state index contributed by atoms with van der Waals surface area (Å²) < 4.78 is 41.5. The Labute approximate surface area is 123 Å². The molecule has 1 unspecified atom stereocenters. The Morgan fingerprint density at radius 2 is 1.76 bits per heavy atom. The van der Waals surface area contributed by atoms with Crippen molar-refractivity contribution in [1.29, 1.82) is 0 Å². The standard InChI is InChI=1S/C14H22F3N3O/c1-19(2)8-9-20(3)12(10-18)11-6-4-5-7-13(11)21-14(15,16)17/h4-7,12H,8-10,18H2,1-3H3. The summed E-state index contributed by atoms with van der Waals surface area (Å²) in [6.45, 7) is 1.69. The molecule has 0 amide bonds. The van der Waals surface area contributed by atoms with Crippen LogP contribution >= 0.6 is 0 Å². The minimum Gasteiger partial charge on any atom is -0.405 e. The number of nitrogens with zero attached hydrogens (tertiary/aromatic N) is 2. The molecule has 0 heterocycles. The van der Waals surface area contributed by atoms with Crippen molar-refractivity contribution in [3.63, 3.8) is 0 Å². The van der Waals surface area contributed by atoms with Crippen molar-refractivity contribution < 1.29 is 17.9 Å². The molecule has 0 aliphatic carbocycles. The molecule has 0 spiro atoms. The van der Waals surface area contributed by atoms with Crippen molar-refractivity contribution in [1.82, 2.24) is 9.80 Å². The molecular weight excluding hydrogens is 283 g/mol. The predicted octanol–water partition coefficient (Wildman–Crippen LogP) is 2.08. The van der Waals surface area contributed by atoms with Crippen molar-refractivity contribution in [3.05, 3.63) is 29.8 Å². The molecule has 120 valence electrons. The maximum Gasteiger partial charge on any atom is 0.573 e. The summed E-state index contributed by atoms with van der Waals surface area (Å²) in [5, 5.41) is 0. The van der Waals surface area contributed by atoms with Crippen LogP contribution in [0.2, 0.25) is 0 Å². The third-order valence-corrected chi connectivity index (χ3v) is 3.16. The third kappa shape index (κ3) is 5.91. The van der Waals surface area contributed by atoms with E-state index in [1.165, 1.54) is 12.1 Å². The summed E-state index contributed by atoms with van der Waals surface area (Å²) in [5.41, 5.74) is 6.20. The van der Waals surface area contributed by atoms with Gasteiger partial charge in [-0.1, -0.05) is 18.2 Å². The maximum absolute atomic E-state index is 12.5. The number of likely N-dealkylation sites (N-methyl/N-ethyl adjacent to an activating group) is 2. The first-order chi connectivity index (χ1) is 9.74. The van der Waals surface area contributed by atoms with Crippen LogP contribution in [-0.2, 0) is 0 Å². The highest BCUT2D eigenvalue weighted by atomic mass is 19.4. The minimum absolute atomic E-state index is 0.197. The Hall–Kier alpha value is -1.31. The number of para-hydroxylation sites is 1. The normalized spacial score (nSPS) is 13.8. The quantitative estimate of drug-likeness (QED) is 0.837. The lowest BCUT2D eigenvalue weighted by Gasteiger charge is -2.29. The first-order valence-corrected chi connectivity index (χ1v) is 6.64. The van der Waals surface area contributed by atoms with Gasteiger partial charge >= 0.3 is 6.36 Å². The fourth-order valence-electron chi connectivity index (χ4n) is 2.03.